The molecule has 1 atom stereocenters. The summed E-state index contributed by atoms with van der Waals surface area (Å²) >= 11 is 0. The summed E-state index contributed by atoms with van der Waals surface area (Å²) in [5.74, 6) is 0.962. The van der Waals surface area contributed by atoms with Gasteiger partial charge in [0.15, 0.2) is 0 Å². The van der Waals surface area contributed by atoms with Gasteiger partial charge in [0.2, 0.25) is 0 Å². The lowest BCUT2D eigenvalue weighted by molar-refractivity contribution is 0.339. The molecule has 0 spiro atoms. The molecule has 2 N–H and O–H groups in total. The van der Waals surface area contributed by atoms with Crippen LogP contribution >= 0.6 is 0 Å². The number of nitrogens with zero attached hydrogens (tertiary/aromatic N) is 3. The fourth-order valence-corrected chi connectivity index (χ4v) is 2.34. The molecule has 1 aliphatic carbocycles. The van der Waals surface area contributed by atoms with Gasteiger partial charge in [0.1, 0.15) is 12.2 Å². The zero-order chi connectivity index (χ0) is 10.7. The Morgan fingerprint density at radius 2 is 2.20 bits per heavy atom. The minimum Gasteiger partial charge on any atom is -0.321 e. The van der Waals surface area contributed by atoms with Crippen molar-refractivity contribution in [2.45, 2.75) is 57.5 Å². The normalized spacial score (nSPS) is 20.4. The van der Waals surface area contributed by atoms with Crippen molar-refractivity contribution in [2.75, 3.05) is 0 Å². The molecule has 0 saturated heterocycles. The van der Waals surface area contributed by atoms with Crippen molar-refractivity contribution in [2.24, 2.45) is 5.73 Å². The van der Waals surface area contributed by atoms with Crippen LogP contribution < -0.4 is 5.73 Å². The molecule has 84 valence electrons. The first-order valence-electron chi connectivity index (χ1n) is 5.98. The van der Waals surface area contributed by atoms with Gasteiger partial charge in [0, 0.05) is 6.04 Å². The molecule has 1 aromatic rings. The van der Waals surface area contributed by atoms with Crippen LogP contribution in [0.15, 0.2) is 6.33 Å². The van der Waals surface area contributed by atoms with Crippen LogP contribution in [0.5, 0.6) is 0 Å². The smallest absolute Gasteiger partial charge is 0.150 e. The monoisotopic (exact) mass is 208 g/mol. The quantitative estimate of drug-likeness (QED) is 0.828. The van der Waals surface area contributed by atoms with Crippen molar-refractivity contribution in [3.8, 4) is 0 Å². The molecule has 0 aliphatic heterocycles. The van der Waals surface area contributed by atoms with E-state index in [0.29, 0.717) is 6.04 Å². The van der Waals surface area contributed by atoms with Crippen LogP contribution in [0.25, 0.3) is 0 Å². The molecule has 0 bridgehead atoms. The highest BCUT2D eigenvalue weighted by molar-refractivity contribution is 4.96. The van der Waals surface area contributed by atoms with Gasteiger partial charge in [-0.15, -0.1) is 10.2 Å². The van der Waals surface area contributed by atoms with E-state index in [2.05, 4.69) is 21.7 Å². The number of rotatable bonds is 3. The molecule has 0 amide bonds. The van der Waals surface area contributed by atoms with Crippen LogP contribution in [0.1, 0.15) is 63.4 Å². The second kappa shape index (κ2) is 4.75. The SMILES string of the molecule is CCC(N)c1nncn1C1CCCCC1. The summed E-state index contributed by atoms with van der Waals surface area (Å²) in [6.07, 6.45) is 9.29. The molecule has 1 aliphatic rings. The predicted octanol–water partition coefficient (Wildman–Crippen LogP) is 2.19. The van der Waals surface area contributed by atoms with E-state index in [1.54, 1.807) is 0 Å². The standard InChI is InChI=1S/C11H20N4/c1-2-10(12)11-14-13-8-15(11)9-6-4-3-5-7-9/h8-10H,2-7,12H2,1H3. The summed E-state index contributed by atoms with van der Waals surface area (Å²) in [6.45, 7) is 2.09. The minimum absolute atomic E-state index is 0.0365. The molecular weight excluding hydrogens is 188 g/mol. The van der Waals surface area contributed by atoms with Crippen LogP contribution in [0.4, 0.5) is 0 Å². The Labute approximate surface area is 90.9 Å². The number of hydrogen-bond donors (Lipinski definition) is 1. The third-order valence-electron chi connectivity index (χ3n) is 3.34. The van der Waals surface area contributed by atoms with Gasteiger partial charge in [-0.2, -0.15) is 0 Å². The first-order chi connectivity index (χ1) is 7.33. The van der Waals surface area contributed by atoms with Crippen LogP contribution in [0.3, 0.4) is 0 Å². The Morgan fingerprint density at radius 1 is 1.47 bits per heavy atom. The Morgan fingerprint density at radius 3 is 2.87 bits per heavy atom. The molecule has 1 heterocycles. The van der Waals surface area contributed by atoms with E-state index in [4.69, 9.17) is 5.73 Å². The van der Waals surface area contributed by atoms with Crippen molar-refractivity contribution in [1.29, 1.82) is 0 Å². The highest BCUT2D eigenvalue weighted by Crippen LogP contribution is 2.29. The van der Waals surface area contributed by atoms with Crippen LogP contribution in [-0.4, -0.2) is 14.8 Å². The van der Waals surface area contributed by atoms with Gasteiger partial charge in [0.05, 0.1) is 6.04 Å². The first kappa shape index (κ1) is 10.6. The molecule has 1 unspecified atom stereocenters. The molecule has 15 heavy (non-hydrogen) atoms. The predicted molar refractivity (Wildman–Crippen MR) is 59.4 cm³/mol. The average molecular weight is 208 g/mol. The molecular formula is C11H20N4. The fourth-order valence-electron chi connectivity index (χ4n) is 2.34. The van der Waals surface area contributed by atoms with Crippen molar-refractivity contribution in [1.82, 2.24) is 14.8 Å². The lowest BCUT2D eigenvalue weighted by Gasteiger charge is -2.25. The maximum atomic E-state index is 6.02. The second-order valence-electron chi connectivity index (χ2n) is 4.40. The van der Waals surface area contributed by atoms with Crippen LogP contribution in [0.2, 0.25) is 0 Å². The van der Waals surface area contributed by atoms with Gasteiger partial charge in [-0.3, -0.25) is 0 Å². The summed E-state index contributed by atoms with van der Waals surface area (Å²) in [7, 11) is 0. The van der Waals surface area contributed by atoms with Gasteiger partial charge in [-0.05, 0) is 19.3 Å². The first-order valence-corrected chi connectivity index (χ1v) is 5.98. The Bertz CT molecular complexity index is 301. The van der Waals surface area contributed by atoms with E-state index < -0.39 is 0 Å². The molecule has 4 heteroatoms. The van der Waals surface area contributed by atoms with E-state index in [-0.39, 0.29) is 6.04 Å². The fraction of sp³-hybridized carbons (Fsp3) is 0.818. The van der Waals surface area contributed by atoms with E-state index in [0.717, 1.165) is 12.2 Å². The summed E-state index contributed by atoms with van der Waals surface area (Å²) < 4.78 is 2.20. The van der Waals surface area contributed by atoms with Crippen LogP contribution in [-0.2, 0) is 0 Å². The van der Waals surface area contributed by atoms with Crippen molar-refractivity contribution < 1.29 is 0 Å². The number of aromatic nitrogens is 3. The van der Waals surface area contributed by atoms with Crippen LogP contribution in [0, 0.1) is 0 Å². The average Bonchev–Trinajstić information content (AvgIpc) is 2.78. The molecule has 0 radical (unpaired) electrons. The zero-order valence-corrected chi connectivity index (χ0v) is 9.39. The van der Waals surface area contributed by atoms with E-state index in [1.165, 1.54) is 32.1 Å². The third kappa shape index (κ3) is 2.20. The zero-order valence-electron chi connectivity index (χ0n) is 9.39. The van der Waals surface area contributed by atoms with Gasteiger partial charge in [-0.25, -0.2) is 0 Å². The van der Waals surface area contributed by atoms with E-state index >= 15 is 0 Å². The summed E-state index contributed by atoms with van der Waals surface area (Å²) in [5, 5.41) is 8.15. The minimum atomic E-state index is 0.0365. The Hall–Kier alpha value is -0.900. The summed E-state index contributed by atoms with van der Waals surface area (Å²) in [5.41, 5.74) is 6.02. The maximum absolute atomic E-state index is 6.02. The maximum Gasteiger partial charge on any atom is 0.150 e. The second-order valence-corrected chi connectivity index (χ2v) is 4.40. The van der Waals surface area contributed by atoms with Gasteiger partial charge in [0.25, 0.3) is 0 Å². The summed E-state index contributed by atoms with van der Waals surface area (Å²) in [6, 6.07) is 0.621. The highest BCUT2D eigenvalue weighted by atomic mass is 15.3. The molecule has 1 aromatic heterocycles. The Kier molecular flexibility index (Phi) is 3.36. The van der Waals surface area contributed by atoms with Gasteiger partial charge in [-0.1, -0.05) is 26.2 Å². The number of hydrogen-bond acceptors (Lipinski definition) is 3. The highest BCUT2D eigenvalue weighted by Gasteiger charge is 2.20. The molecule has 2 rings (SSSR count). The van der Waals surface area contributed by atoms with E-state index in [1.807, 2.05) is 6.33 Å². The van der Waals surface area contributed by atoms with Gasteiger partial charge >= 0.3 is 0 Å². The van der Waals surface area contributed by atoms with E-state index in [9.17, 15) is 0 Å². The number of nitrogens with two attached hydrogens (primary N) is 1. The largest absolute Gasteiger partial charge is 0.321 e. The molecule has 1 saturated carbocycles. The van der Waals surface area contributed by atoms with Crippen molar-refractivity contribution >= 4 is 0 Å². The topological polar surface area (TPSA) is 56.7 Å². The van der Waals surface area contributed by atoms with Gasteiger partial charge < -0.3 is 10.3 Å². The molecule has 0 aromatic carbocycles. The summed E-state index contributed by atoms with van der Waals surface area (Å²) in [4.78, 5) is 0. The van der Waals surface area contributed by atoms with Crippen molar-refractivity contribution in [3.05, 3.63) is 12.2 Å². The van der Waals surface area contributed by atoms with Crippen molar-refractivity contribution in [3.63, 3.8) is 0 Å². The lowest BCUT2D eigenvalue weighted by Crippen LogP contribution is -2.20. The lowest BCUT2D eigenvalue weighted by atomic mass is 9.95. The molecule has 1 fully saturated rings. The third-order valence-corrected chi connectivity index (χ3v) is 3.34. The molecule has 4 nitrogen and oxygen atoms in total. The Balaban J connectivity index is 2.15.